The third-order valence-corrected chi connectivity index (χ3v) is 5.95. The summed E-state index contributed by atoms with van der Waals surface area (Å²) < 4.78 is 38.0. The van der Waals surface area contributed by atoms with Gasteiger partial charge in [-0.1, -0.05) is 24.3 Å². The minimum absolute atomic E-state index is 0.0216. The lowest BCUT2D eigenvalue weighted by atomic mass is 10.0. The third-order valence-electron chi connectivity index (χ3n) is 4.57. The summed E-state index contributed by atoms with van der Waals surface area (Å²) >= 11 is 0. The highest BCUT2D eigenvalue weighted by molar-refractivity contribution is 7.92. The maximum atomic E-state index is 12.9. The highest BCUT2D eigenvalue weighted by atomic mass is 32.2. The van der Waals surface area contributed by atoms with Gasteiger partial charge in [-0.15, -0.1) is 0 Å². The van der Waals surface area contributed by atoms with Crippen molar-refractivity contribution in [3.63, 3.8) is 0 Å². The molecule has 0 saturated carbocycles. The van der Waals surface area contributed by atoms with Gasteiger partial charge in [-0.25, -0.2) is 18.0 Å². The predicted octanol–water partition coefficient (Wildman–Crippen LogP) is 4.21. The average molecular weight is 470 g/mol. The van der Waals surface area contributed by atoms with Gasteiger partial charge in [-0.2, -0.15) is 0 Å². The fraction of sp³-hybridized carbons (Fsp3) is 0.167. The molecule has 0 saturated heterocycles. The van der Waals surface area contributed by atoms with E-state index < -0.39 is 27.7 Å². The fourth-order valence-electron chi connectivity index (χ4n) is 3.04. The molecule has 0 heterocycles. The van der Waals surface area contributed by atoms with Gasteiger partial charge < -0.3 is 14.6 Å². The lowest BCUT2D eigenvalue weighted by molar-refractivity contribution is 0.0377. The van der Waals surface area contributed by atoms with E-state index in [1.165, 1.54) is 31.4 Å². The molecule has 0 bridgehead atoms. The first-order chi connectivity index (χ1) is 15.6. The standard InChI is InChI=1S/C24H23NO7S/c1-15(2)32-23(27)18-8-4-6-16(12-18)17-7-5-9-20(13-17)33(29,30)25-19-10-11-21(22(26)14-19)24(28)31-3/h4-15,25-26H,1-3H3. The lowest BCUT2D eigenvalue weighted by Crippen LogP contribution is -2.13. The second-order valence-corrected chi connectivity index (χ2v) is 9.07. The molecule has 33 heavy (non-hydrogen) atoms. The van der Waals surface area contributed by atoms with Crippen molar-refractivity contribution >= 4 is 27.6 Å². The van der Waals surface area contributed by atoms with Crippen LogP contribution in [0.2, 0.25) is 0 Å². The molecule has 0 spiro atoms. The monoisotopic (exact) mass is 469 g/mol. The number of carbonyl (C=O) groups excluding carboxylic acids is 2. The topological polar surface area (TPSA) is 119 Å². The number of rotatable bonds is 7. The van der Waals surface area contributed by atoms with Crippen LogP contribution in [0.15, 0.2) is 71.6 Å². The summed E-state index contributed by atoms with van der Waals surface area (Å²) in [6.45, 7) is 3.51. The molecule has 3 aromatic rings. The molecule has 0 fully saturated rings. The number of methoxy groups -OCH3 is 1. The molecule has 172 valence electrons. The van der Waals surface area contributed by atoms with E-state index in [0.717, 1.165) is 6.07 Å². The number of ether oxygens (including phenoxy) is 2. The quantitative estimate of drug-likeness (QED) is 0.498. The molecule has 0 aromatic heterocycles. The summed E-state index contributed by atoms with van der Waals surface area (Å²) in [5.41, 5.74) is 1.57. The Balaban J connectivity index is 1.88. The molecule has 0 aliphatic carbocycles. The van der Waals surface area contributed by atoms with Gasteiger partial charge in [0.15, 0.2) is 0 Å². The number of aromatic hydroxyl groups is 1. The van der Waals surface area contributed by atoms with E-state index in [1.54, 1.807) is 50.2 Å². The molecular weight excluding hydrogens is 446 g/mol. The van der Waals surface area contributed by atoms with E-state index in [1.807, 2.05) is 0 Å². The number of esters is 2. The van der Waals surface area contributed by atoms with Crippen molar-refractivity contribution in [3.05, 3.63) is 77.9 Å². The molecule has 0 aliphatic rings. The normalized spacial score (nSPS) is 11.2. The van der Waals surface area contributed by atoms with Gasteiger partial charge in [-0.3, -0.25) is 4.72 Å². The zero-order chi connectivity index (χ0) is 24.2. The fourth-order valence-corrected chi connectivity index (χ4v) is 4.14. The molecule has 0 amide bonds. The maximum absolute atomic E-state index is 12.9. The Hall–Kier alpha value is -3.85. The van der Waals surface area contributed by atoms with Crippen LogP contribution in [0.25, 0.3) is 11.1 Å². The van der Waals surface area contributed by atoms with Crippen LogP contribution in [-0.2, 0) is 19.5 Å². The number of phenols is 1. The Morgan fingerprint density at radius 3 is 2.21 bits per heavy atom. The van der Waals surface area contributed by atoms with Crippen molar-refractivity contribution in [1.82, 2.24) is 0 Å². The summed E-state index contributed by atoms with van der Waals surface area (Å²) in [5, 5.41) is 10.0. The summed E-state index contributed by atoms with van der Waals surface area (Å²) in [5.74, 6) is -1.62. The lowest BCUT2D eigenvalue weighted by Gasteiger charge is -2.12. The number of sulfonamides is 1. The third kappa shape index (κ3) is 5.69. The van der Waals surface area contributed by atoms with Crippen molar-refractivity contribution in [1.29, 1.82) is 0 Å². The minimum atomic E-state index is -4.01. The number of hydrogen-bond donors (Lipinski definition) is 2. The molecule has 9 heteroatoms. The average Bonchev–Trinajstić information content (AvgIpc) is 2.78. The van der Waals surface area contributed by atoms with Gasteiger partial charge in [0.1, 0.15) is 11.3 Å². The SMILES string of the molecule is COC(=O)c1ccc(NS(=O)(=O)c2cccc(-c3cccc(C(=O)OC(C)C)c3)c2)cc1O. The van der Waals surface area contributed by atoms with Crippen molar-refractivity contribution in [2.45, 2.75) is 24.8 Å². The Kier molecular flexibility index (Phi) is 7.03. The van der Waals surface area contributed by atoms with E-state index >= 15 is 0 Å². The Morgan fingerprint density at radius 1 is 0.909 bits per heavy atom. The van der Waals surface area contributed by atoms with Crippen LogP contribution < -0.4 is 4.72 Å². The highest BCUT2D eigenvalue weighted by Crippen LogP contribution is 2.27. The van der Waals surface area contributed by atoms with E-state index in [2.05, 4.69) is 9.46 Å². The second-order valence-electron chi connectivity index (χ2n) is 7.39. The molecule has 3 aromatic carbocycles. The zero-order valence-corrected chi connectivity index (χ0v) is 19.0. The first kappa shape index (κ1) is 23.8. The number of hydrogen-bond acceptors (Lipinski definition) is 7. The smallest absolute Gasteiger partial charge is 0.341 e. The van der Waals surface area contributed by atoms with E-state index in [9.17, 15) is 23.1 Å². The summed E-state index contributed by atoms with van der Waals surface area (Å²) in [6.07, 6.45) is -0.262. The van der Waals surface area contributed by atoms with Crippen LogP contribution in [0.4, 0.5) is 5.69 Å². The molecule has 0 unspecified atom stereocenters. The Morgan fingerprint density at radius 2 is 1.58 bits per heavy atom. The Labute approximate surface area is 191 Å². The second kappa shape index (κ2) is 9.74. The largest absolute Gasteiger partial charge is 0.507 e. The van der Waals surface area contributed by atoms with Crippen LogP contribution in [0.1, 0.15) is 34.6 Å². The number of nitrogens with one attached hydrogen (secondary N) is 1. The number of carbonyl (C=O) groups is 2. The molecule has 2 N–H and O–H groups in total. The first-order valence-corrected chi connectivity index (χ1v) is 11.4. The van der Waals surface area contributed by atoms with Crippen LogP contribution >= 0.6 is 0 Å². The van der Waals surface area contributed by atoms with Crippen LogP contribution in [0.5, 0.6) is 5.75 Å². The van der Waals surface area contributed by atoms with Gasteiger partial charge in [0.05, 0.1) is 29.4 Å². The zero-order valence-electron chi connectivity index (χ0n) is 18.2. The van der Waals surface area contributed by atoms with Crippen molar-refractivity contribution < 1.29 is 32.6 Å². The minimum Gasteiger partial charge on any atom is -0.507 e. The van der Waals surface area contributed by atoms with Crippen LogP contribution in [0.3, 0.4) is 0 Å². The van der Waals surface area contributed by atoms with Gasteiger partial charge in [0.25, 0.3) is 10.0 Å². The van der Waals surface area contributed by atoms with Gasteiger partial charge >= 0.3 is 11.9 Å². The van der Waals surface area contributed by atoms with Crippen LogP contribution in [-0.4, -0.2) is 38.7 Å². The molecule has 3 rings (SSSR count). The van der Waals surface area contributed by atoms with Crippen LogP contribution in [0, 0.1) is 0 Å². The Bertz CT molecular complexity index is 1300. The molecule has 0 atom stereocenters. The molecule has 8 nitrogen and oxygen atoms in total. The van der Waals surface area contributed by atoms with Crippen molar-refractivity contribution in [2.75, 3.05) is 11.8 Å². The van der Waals surface area contributed by atoms with E-state index in [0.29, 0.717) is 16.7 Å². The first-order valence-electron chi connectivity index (χ1n) is 9.96. The van der Waals surface area contributed by atoms with Crippen molar-refractivity contribution in [3.8, 4) is 16.9 Å². The number of phenolic OH excluding ortho intramolecular Hbond substituents is 1. The number of benzene rings is 3. The van der Waals surface area contributed by atoms with Gasteiger partial charge in [-0.05, 0) is 61.4 Å². The molecule has 0 radical (unpaired) electrons. The van der Waals surface area contributed by atoms with E-state index in [-0.39, 0.29) is 22.3 Å². The highest BCUT2D eigenvalue weighted by Gasteiger charge is 2.18. The number of anilines is 1. The maximum Gasteiger partial charge on any atom is 0.341 e. The molecule has 0 aliphatic heterocycles. The summed E-state index contributed by atoms with van der Waals surface area (Å²) in [4.78, 5) is 23.8. The molecular formula is C24H23NO7S. The predicted molar refractivity (Wildman–Crippen MR) is 123 cm³/mol. The van der Waals surface area contributed by atoms with Crippen molar-refractivity contribution in [2.24, 2.45) is 0 Å². The summed E-state index contributed by atoms with van der Waals surface area (Å²) in [6, 6.07) is 16.6. The van der Waals surface area contributed by atoms with Gasteiger partial charge in [0.2, 0.25) is 0 Å². The van der Waals surface area contributed by atoms with Gasteiger partial charge in [0, 0.05) is 6.07 Å². The van der Waals surface area contributed by atoms with E-state index in [4.69, 9.17) is 4.74 Å². The summed E-state index contributed by atoms with van der Waals surface area (Å²) in [7, 11) is -2.84.